The van der Waals surface area contributed by atoms with E-state index >= 15 is 0 Å². The van der Waals surface area contributed by atoms with Crippen LogP contribution in [-0.2, 0) is 11.2 Å². The Kier molecular flexibility index (Phi) is 3.08. The minimum Gasteiger partial charge on any atom is -0.481 e. The highest BCUT2D eigenvalue weighted by atomic mass is 16.5. The van der Waals surface area contributed by atoms with E-state index in [0.29, 0.717) is 36.7 Å². The molecule has 1 saturated carbocycles. The number of furan rings is 1. The molecule has 1 aliphatic rings. The number of aryl methyl sites for hydroxylation is 1. The third kappa shape index (κ3) is 2.11. The summed E-state index contributed by atoms with van der Waals surface area (Å²) in [5.41, 5.74) is 0.0331. The summed E-state index contributed by atoms with van der Waals surface area (Å²) in [6.45, 7) is 1.82. The topological polar surface area (TPSA) is 89.4 Å². The van der Waals surface area contributed by atoms with Crippen LogP contribution in [0.25, 0.3) is 11.4 Å². The molecule has 6 nitrogen and oxygen atoms in total. The van der Waals surface area contributed by atoms with Gasteiger partial charge in [0.15, 0.2) is 0 Å². The van der Waals surface area contributed by atoms with Crippen LogP contribution in [0.15, 0.2) is 21.3 Å². The standard InChI is InChI=1S/C14H16N2O4/c1-9-10(4-7-19-9)12-15-11(20-16-12)8-14(13(17)18)5-2-3-6-14/h4,7H,2-3,5-6,8H2,1H3,(H,17,18). The molecule has 2 heterocycles. The number of aromatic nitrogens is 2. The van der Waals surface area contributed by atoms with Crippen molar-refractivity contribution in [1.29, 1.82) is 0 Å². The number of aliphatic carboxylic acids is 1. The third-order valence-electron chi connectivity index (χ3n) is 4.07. The maximum absolute atomic E-state index is 11.5. The Bertz CT molecular complexity index is 623. The first-order chi connectivity index (χ1) is 9.61. The van der Waals surface area contributed by atoms with Gasteiger partial charge in [-0.1, -0.05) is 18.0 Å². The van der Waals surface area contributed by atoms with Crippen molar-refractivity contribution in [3.63, 3.8) is 0 Å². The van der Waals surface area contributed by atoms with Crippen LogP contribution < -0.4 is 0 Å². The number of carboxylic acid groups (broad SMARTS) is 1. The van der Waals surface area contributed by atoms with Gasteiger partial charge in [-0.3, -0.25) is 4.79 Å². The fourth-order valence-electron chi connectivity index (χ4n) is 2.86. The van der Waals surface area contributed by atoms with E-state index in [2.05, 4.69) is 10.1 Å². The van der Waals surface area contributed by atoms with E-state index in [-0.39, 0.29) is 0 Å². The van der Waals surface area contributed by atoms with E-state index in [0.717, 1.165) is 18.4 Å². The van der Waals surface area contributed by atoms with Gasteiger partial charge in [-0.2, -0.15) is 4.98 Å². The largest absolute Gasteiger partial charge is 0.481 e. The van der Waals surface area contributed by atoms with E-state index in [1.165, 1.54) is 0 Å². The highest BCUT2D eigenvalue weighted by Gasteiger charge is 2.42. The van der Waals surface area contributed by atoms with Crippen molar-refractivity contribution < 1.29 is 18.8 Å². The van der Waals surface area contributed by atoms with Crippen molar-refractivity contribution in [2.45, 2.75) is 39.0 Å². The first-order valence-corrected chi connectivity index (χ1v) is 6.71. The molecule has 0 atom stereocenters. The molecule has 0 aliphatic heterocycles. The van der Waals surface area contributed by atoms with Gasteiger partial charge in [0.1, 0.15) is 5.76 Å². The Hall–Kier alpha value is -2.11. The zero-order chi connectivity index (χ0) is 14.2. The number of hydrogen-bond donors (Lipinski definition) is 1. The molecule has 1 aliphatic carbocycles. The van der Waals surface area contributed by atoms with Crippen LogP contribution in [0.5, 0.6) is 0 Å². The van der Waals surface area contributed by atoms with E-state index in [1.54, 1.807) is 12.3 Å². The zero-order valence-corrected chi connectivity index (χ0v) is 11.3. The maximum Gasteiger partial charge on any atom is 0.310 e. The van der Waals surface area contributed by atoms with Crippen molar-refractivity contribution in [2.24, 2.45) is 5.41 Å². The van der Waals surface area contributed by atoms with Crippen LogP contribution in [0.4, 0.5) is 0 Å². The van der Waals surface area contributed by atoms with Gasteiger partial charge in [0.25, 0.3) is 0 Å². The number of carbonyl (C=O) groups is 1. The Balaban J connectivity index is 1.84. The molecule has 0 bridgehead atoms. The summed E-state index contributed by atoms with van der Waals surface area (Å²) in [4.78, 5) is 15.8. The van der Waals surface area contributed by atoms with Gasteiger partial charge in [-0.05, 0) is 25.8 Å². The van der Waals surface area contributed by atoms with E-state index < -0.39 is 11.4 Å². The average molecular weight is 276 g/mol. The molecule has 1 N–H and O–H groups in total. The van der Waals surface area contributed by atoms with E-state index in [1.807, 2.05) is 6.92 Å². The third-order valence-corrected chi connectivity index (χ3v) is 4.07. The molecule has 0 spiro atoms. The van der Waals surface area contributed by atoms with Gasteiger partial charge in [0.2, 0.25) is 11.7 Å². The predicted octanol–water partition coefficient (Wildman–Crippen LogP) is 2.83. The fraction of sp³-hybridized carbons (Fsp3) is 0.500. The average Bonchev–Trinajstić information content (AvgIpc) is 3.10. The van der Waals surface area contributed by atoms with Gasteiger partial charge in [-0.25, -0.2) is 0 Å². The predicted molar refractivity (Wildman–Crippen MR) is 69.0 cm³/mol. The van der Waals surface area contributed by atoms with Crippen LogP contribution in [-0.4, -0.2) is 21.2 Å². The van der Waals surface area contributed by atoms with Gasteiger partial charge in [0.05, 0.1) is 17.2 Å². The normalized spacial score (nSPS) is 17.4. The Labute approximate surface area is 115 Å². The van der Waals surface area contributed by atoms with Crippen LogP contribution >= 0.6 is 0 Å². The Morgan fingerprint density at radius 2 is 2.20 bits per heavy atom. The van der Waals surface area contributed by atoms with Gasteiger partial charge in [0, 0.05) is 6.42 Å². The molecular formula is C14H16N2O4. The van der Waals surface area contributed by atoms with Crippen LogP contribution in [0.3, 0.4) is 0 Å². The maximum atomic E-state index is 11.5. The van der Waals surface area contributed by atoms with Crippen molar-refractivity contribution >= 4 is 5.97 Å². The number of nitrogens with zero attached hydrogens (tertiary/aromatic N) is 2. The van der Waals surface area contributed by atoms with Crippen molar-refractivity contribution in [3.05, 3.63) is 24.0 Å². The van der Waals surface area contributed by atoms with E-state index in [9.17, 15) is 9.90 Å². The van der Waals surface area contributed by atoms with Crippen LogP contribution in [0.1, 0.15) is 37.3 Å². The molecule has 6 heteroatoms. The highest BCUT2D eigenvalue weighted by molar-refractivity contribution is 5.75. The molecule has 20 heavy (non-hydrogen) atoms. The van der Waals surface area contributed by atoms with Crippen molar-refractivity contribution in [2.75, 3.05) is 0 Å². The quantitative estimate of drug-likeness (QED) is 0.923. The summed E-state index contributed by atoms with van der Waals surface area (Å²) in [6.07, 6.45) is 5.08. The molecule has 0 radical (unpaired) electrons. The van der Waals surface area contributed by atoms with Gasteiger partial charge < -0.3 is 14.0 Å². The summed E-state index contributed by atoms with van der Waals surface area (Å²) >= 11 is 0. The van der Waals surface area contributed by atoms with Gasteiger partial charge in [-0.15, -0.1) is 0 Å². The molecule has 2 aromatic rings. The molecule has 1 fully saturated rings. The number of rotatable bonds is 4. The van der Waals surface area contributed by atoms with Gasteiger partial charge >= 0.3 is 5.97 Å². The summed E-state index contributed by atoms with van der Waals surface area (Å²) < 4.78 is 10.4. The van der Waals surface area contributed by atoms with E-state index in [4.69, 9.17) is 8.94 Å². The molecule has 106 valence electrons. The monoisotopic (exact) mass is 276 g/mol. The zero-order valence-electron chi connectivity index (χ0n) is 11.3. The second kappa shape index (κ2) is 4.77. The minimum absolute atomic E-state index is 0.298. The first kappa shape index (κ1) is 12.9. The minimum atomic E-state index is -0.769. The summed E-state index contributed by atoms with van der Waals surface area (Å²) in [5, 5.41) is 13.4. The lowest BCUT2D eigenvalue weighted by atomic mass is 9.83. The lowest BCUT2D eigenvalue weighted by molar-refractivity contribution is -0.148. The number of hydrogen-bond acceptors (Lipinski definition) is 5. The van der Waals surface area contributed by atoms with Crippen LogP contribution in [0.2, 0.25) is 0 Å². The molecule has 2 aromatic heterocycles. The molecule has 0 saturated heterocycles. The lowest BCUT2D eigenvalue weighted by Crippen LogP contribution is -2.30. The molecule has 0 unspecified atom stereocenters. The highest BCUT2D eigenvalue weighted by Crippen LogP contribution is 2.41. The second-order valence-corrected chi connectivity index (χ2v) is 5.37. The molecule has 0 aromatic carbocycles. The van der Waals surface area contributed by atoms with Crippen molar-refractivity contribution in [3.8, 4) is 11.4 Å². The molecule has 3 rings (SSSR count). The van der Waals surface area contributed by atoms with Crippen molar-refractivity contribution in [1.82, 2.24) is 10.1 Å². The summed E-state index contributed by atoms with van der Waals surface area (Å²) in [5.74, 6) is 0.773. The SMILES string of the molecule is Cc1occc1-c1noc(CC2(C(=O)O)CCCC2)n1. The van der Waals surface area contributed by atoms with Crippen LogP contribution in [0, 0.1) is 12.3 Å². The Morgan fingerprint density at radius 3 is 2.80 bits per heavy atom. The molecule has 0 amide bonds. The molecular weight excluding hydrogens is 260 g/mol. The first-order valence-electron chi connectivity index (χ1n) is 6.71. The number of carboxylic acids is 1. The Morgan fingerprint density at radius 1 is 1.45 bits per heavy atom. The fourth-order valence-corrected chi connectivity index (χ4v) is 2.86. The smallest absolute Gasteiger partial charge is 0.310 e. The summed E-state index contributed by atoms with van der Waals surface area (Å²) in [6, 6.07) is 1.77. The lowest BCUT2D eigenvalue weighted by Gasteiger charge is -2.21. The second-order valence-electron chi connectivity index (χ2n) is 5.37. The summed E-state index contributed by atoms with van der Waals surface area (Å²) in [7, 11) is 0.